The highest BCUT2D eigenvalue weighted by molar-refractivity contribution is 6.33. The number of rotatable bonds is 7. The molecule has 0 fully saturated rings. The summed E-state index contributed by atoms with van der Waals surface area (Å²) in [6.45, 7) is 3.98. The molecular formula is C26H22ClNO5. The van der Waals surface area contributed by atoms with E-state index in [1.807, 2.05) is 19.9 Å². The molecule has 7 heteroatoms. The van der Waals surface area contributed by atoms with E-state index in [1.165, 1.54) is 0 Å². The van der Waals surface area contributed by atoms with Gasteiger partial charge in [-0.2, -0.15) is 0 Å². The molecule has 0 unspecified atom stereocenters. The van der Waals surface area contributed by atoms with Gasteiger partial charge in [-0.1, -0.05) is 29.8 Å². The minimum absolute atomic E-state index is 0.0682. The van der Waals surface area contributed by atoms with Gasteiger partial charge >= 0.3 is 0 Å². The zero-order valence-corrected chi connectivity index (χ0v) is 18.9. The zero-order chi connectivity index (χ0) is 23.4. The van der Waals surface area contributed by atoms with E-state index >= 15 is 0 Å². The first kappa shape index (κ1) is 22.4. The summed E-state index contributed by atoms with van der Waals surface area (Å²) in [5.41, 5.74) is 2.07. The van der Waals surface area contributed by atoms with Crippen molar-refractivity contribution in [3.8, 4) is 22.8 Å². The van der Waals surface area contributed by atoms with Crippen LogP contribution in [-0.4, -0.2) is 19.1 Å². The second-order valence-electron chi connectivity index (χ2n) is 7.36. The third-order valence-electron chi connectivity index (χ3n) is 4.92. The molecule has 3 aromatic carbocycles. The molecule has 0 atom stereocenters. The second-order valence-corrected chi connectivity index (χ2v) is 7.77. The fourth-order valence-corrected chi connectivity index (χ4v) is 3.59. The van der Waals surface area contributed by atoms with Crippen LogP contribution in [0.15, 0.2) is 75.9 Å². The van der Waals surface area contributed by atoms with E-state index in [9.17, 15) is 9.59 Å². The predicted molar refractivity (Wildman–Crippen MR) is 129 cm³/mol. The fraction of sp³-hybridized carbons (Fsp3) is 0.154. The lowest BCUT2D eigenvalue weighted by molar-refractivity contribution is -0.118. The molecule has 0 aliphatic rings. The van der Waals surface area contributed by atoms with Crippen LogP contribution in [0.2, 0.25) is 5.02 Å². The molecule has 1 aromatic heterocycles. The van der Waals surface area contributed by atoms with Crippen molar-refractivity contribution >= 4 is 34.2 Å². The van der Waals surface area contributed by atoms with Crippen molar-refractivity contribution in [3.63, 3.8) is 0 Å². The Balaban J connectivity index is 1.63. The number of carbonyl (C=O) groups excluding carboxylic acids is 1. The second kappa shape index (κ2) is 9.79. The number of amides is 1. The Morgan fingerprint density at radius 2 is 1.79 bits per heavy atom. The highest BCUT2D eigenvalue weighted by atomic mass is 35.5. The summed E-state index contributed by atoms with van der Waals surface area (Å²) in [5, 5.41) is 3.50. The number of halogens is 1. The van der Waals surface area contributed by atoms with E-state index in [2.05, 4.69) is 5.32 Å². The van der Waals surface area contributed by atoms with Crippen LogP contribution in [0.25, 0.3) is 22.3 Å². The number of aryl methyl sites for hydroxylation is 1. The summed E-state index contributed by atoms with van der Waals surface area (Å²) in [5.74, 6) is 0.395. The smallest absolute Gasteiger partial charge is 0.262 e. The van der Waals surface area contributed by atoms with E-state index in [1.54, 1.807) is 60.7 Å². The molecule has 0 saturated carbocycles. The van der Waals surface area contributed by atoms with Crippen molar-refractivity contribution in [2.45, 2.75) is 13.8 Å². The first-order valence-corrected chi connectivity index (χ1v) is 10.8. The van der Waals surface area contributed by atoms with E-state index in [0.29, 0.717) is 39.6 Å². The van der Waals surface area contributed by atoms with E-state index < -0.39 is 5.91 Å². The molecule has 0 aliphatic heterocycles. The molecule has 1 N–H and O–H groups in total. The Labute approximate surface area is 195 Å². The molecule has 4 rings (SSSR count). The molecule has 0 saturated heterocycles. The van der Waals surface area contributed by atoms with Crippen LogP contribution in [-0.2, 0) is 4.79 Å². The van der Waals surface area contributed by atoms with Crippen molar-refractivity contribution in [3.05, 3.63) is 87.5 Å². The molecule has 4 aromatic rings. The number of benzene rings is 3. The van der Waals surface area contributed by atoms with Crippen LogP contribution in [0, 0.1) is 6.92 Å². The van der Waals surface area contributed by atoms with Gasteiger partial charge in [-0.15, -0.1) is 0 Å². The first-order valence-electron chi connectivity index (χ1n) is 10.4. The Morgan fingerprint density at radius 1 is 1.03 bits per heavy atom. The standard InChI is InChI=1S/C26H22ClNO5/c1-3-31-18-11-9-17(10-12-18)28-23(29)15-32-26-24(30)20-13-8-16(2)14-22(20)33-25(26)19-6-4-5-7-21(19)27/h4-14H,3,15H2,1-2H3,(H,28,29). The molecule has 0 aliphatic carbocycles. The van der Waals surface area contributed by atoms with Gasteiger partial charge in [0.2, 0.25) is 11.2 Å². The molecule has 168 valence electrons. The van der Waals surface area contributed by atoms with Crippen LogP contribution < -0.4 is 20.2 Å². The molecule has 6 nitrogen and oxygen atoms in total. The van der Waals surface area contributed by atoms with Crippen molar-refractivity contribution in [2.24, 2.45) is 0 Å². The van der Waals surface area contributed by atoms with Gasteiger partial charge in [-0.05, 0) is 67.9 Å². The summed E-state index contributed by atoms with van der Waals surface area (Å²) in [6.07, 6.45) is 0. The van der Waals surface area contributed by atoms with Crippen molar-refractivity contribution < 1.29 is 18.7 Å². The van der Waals surface area contributed by atoms with Crippen molar-refractivity contribution in [2.75, 3.05) is 18.5 Å². The average Bonchev–Trinajstić information content (AvgIpc) is 2.80. The van der Waals surface area contributed by atoms with E-state index in [4.69, 9.17) is 25.5 Å². The maximum Gasteiger partial charge on any atom is 0.262 e. The fourth-order valence-electron chi connectivity index (χ4n) is 3.37. The SMILES string of the molecule is CCOc1ccc(NC(=O)COc2c(-c3ccccc3Cl)oc3cc(C)ccc3c2=O)cc1. The monoisotopic (exact) mass is 463 g/mol. The number of ether oxygens (including phenoxy) is 2. The normalized spacial score (nSPS) is 10.8. The quantitative estimate of drug-likeness (QED) is 0.372. The summed E-state index contributed by atoms with van der Waals surface area (Å²) in [7, 11) is 0. The van der Waals surface area contributed by atoms with Gasteiger partial charge in [0, 0.05) is 11.3 Å². The minimum atomic E-state index is -0.423. The summed E-state index contributed by atoms with van der Waals surface area (Å²) < 4.78 is 17.2. The predicted octanol–water partition coefficient (Wildman–Crippen LogP) is 5.84. The van der Waals surface area contributed by atoms with Gasteiger partial charge in [-0.3, -0.25) is 9.59 Å². The van der Waals surface area contributed by atoms with Gasteiger partial charge in [-0.25, -0.2) is 0 Å². The van der Waals surface area contributed by atoms with Crippen LogP contribution in [0.3, 0.4) is 0 Å². The number of carbonyl (C=O) groups is 1. The van der Waals surface area contributed by atoms with Gasteiger partial charge in [0.1, 0.15) is 11.3 Å². The molecule has 0 bridgehead atoms. The number of hydrogen-bond acceptors (Lipinski definition) is 5. The Hall–Kier alpha value is -3.77. The lowest BCUT2D eigenvalue weighted by Gasteiger charge is -2.13. The molecule has 0 radical (unpaired) electrons. The molecule has 1 amide bonds. The van der Waals surface area contributed by atoms with E-state index in [0.717, 1.165) is 5.56 Å². The molecular weight excluding hydrogens is 442 g/mol. The first-order chi connectivity index (χ1) is 16.0. The Bertz CT molecular complexity index is 1360. The summed E-state index contributed by atoms with van der Waals surface area (Å²) >= 11 is 6.36. The lowest BCUT2D eigenvalue weighted by atomic mass is 10.1. The molecule has 0 spiro atoms. The third kappa shape index (κ3) is 5.02. The Kier molecular flexibility index (Phi) is 6.66. The highest BCUT2D eigenvalue weighted by Crippen LogP contribution is 2.35. The molecule has 33 heavy (non-hydrogen) atoms. The van der Waals surface area contributed by atoms with Crippen LogP contribution in [0.4, 0.5) is 5.69 Å². The lowest BCUT2D eigenvalue weighted by Crippen LogP contribution is -2.22. The van der Waals surface area contributed by atoms with Gasteiger partial charge < -0.3 is 19.2 Å². The maximum atomic E-state index is 13.2. The summed E-state index contributed by atoms with van der Waals surface area (Å²) in [4.78, 5) is 25.7. The van der Waals surface area contributed by atoms with E-state index in [-0.39, 0.29) is 23.5 Å². The number of anilines is 1. The van der Waals surface area contributed by atoms with Crippen LogP contribution >= 0.6 is 11.6 Å². The van der Waals surface area contributed by atoms with Crippen molar-refractivity contribution in [1.29, 1.82) is 0 Å². The van der Waals surface area contributed by atoms with Crippen LogP contribution in [0.5, 0.6) is 11.5 Å². The Morgan fingerprint density at radius 3 is 2.52 bits per heavy atom. The van der Waals surface area contributed by atoms with Gasteiger partial charge in [0.15, 0.2) is 12.4 Å². The van der Waals surface area contributed by atoms with Crippen LogP contribution in [0.1, 0.15) is 12.5 Å². The highest BCUT2D eigenvalue weighted by Gasteiger charge is 2.20. The van der Waals surface area contributed by atoms with Gasteiger partial charge in [0.05, 0.1) is 17.0 Å². The topological polar surface area (TPSA) is 77.8 Å². The zero-order valence-electron chi connectivity index (χ0n) is 18.2. The van der Waals surface area contributed by atoms with Gasteiger partial charge in [0.25, 0.3) is 5.91 Å². The van der Waals surface area contributed by atoms with Crippen molar-refractivity contribution in [1.82, 2.24) is 0 Å². The summed E-state index contributed by atoms with van der Waals surface area (Å²) in [6, 6.07) is 19.2. The number of hydrogen-bond donors (Lipinski definition) is 1. The molecule has 1 heterocycles. The minimum Gasteiger partial charge on any atom is -0.494 e. The number of fused-ring (bicyclic) bond motifs is 1. The third-order valence-corrected chi connectivity index (χ3v) is 5.25. The number of nitrogens with one attached hydrogen (secondary N) is 1. The maximum absolute atomic E-state index is 13.2. The largest absolute Gasteiger partial charge is 0.494 e. The average molecular weight is 464 g/mol.